The Bertz CT molecular complexity index is 345. The van der Waals surface area contributed by atoms with E-state index in [0.29, 0.717) is 6.07 Å². The van der Waals surface area contributed by atoms with E-state index in [1.54, 1.807) is 0 Å². The van der Waals surface area contributed by atoms with Crippen LogP contribution in [0.15, 0.2) is 10.9 Å². The number of pyridine rings is 1. The molecule has 1 heterocycles. The van der Waals surface area contributed by atoms with Crippen LogP contribution in [-0.4, -0.2) is 4.98 Å². The van der Waals surface area contributed by atoms with Gasteiger partial charge in [-0.05, 0) is 13.0 Å². The minimum absolute atomic E-state index is 0.00333. The maximum atomic E-state index is 12.4. The molecule has 0 atom stereocenters. The number of H-pyrrole nitrogens is 1. The van der Waals surface area contributed by atoms with Crippen LogP contribution in [0, 0.1) is 12.7 Å². The molecule has 0 aliphatic rings. The Morgan fingerprint density at radius 1 is 1.50 bits per heavy atom. The molecular formula is C7H6F3NO. The molecule has 0 unspecified atom stereocenters. The summed E-state index contributed by atoms with van der Waals surface area (Å²) in [5.74, 6) is -1.18. The third kappa shape index (κ3) is 1.49. The van der Waals surface area contributed by atoms with Crippen LogP contribution in [0.4, 0.5) is 13.2 Å². The van der Waals surface area contributed by atoms with Crippen molar-refractivity contribution in [1.82, 2.24) is 4.98 Å². The molecule has 66 valence electrons. The van der Waals surface area contributed by atoms with E-state index in [2.05, 4.69) is 0 Å². The molecule has 0 aromatic carbocycles. The number of alkyl halides is 2. The van der Waals surface area contributed by atoms with Crippen molar-refractivity contribution < 1.29 is 13.2 Å². The lowest BCUT2D eigenvalue weighted by Crippen LogP contribution is -2.13. The molecule has 1 aromatic rings. The highest BCUT2D eigenvalue weighted by atomic mass is 19.3. The van der Waals surface area contributed by atoms with Gasteiger partial charge in [-0.15, -0.1) is 0 Å². The quantitative estimate of drug-likeness (QED) is 0.696. The zero-order valence-electron chi connectivity index (χ0n) is 6.20. The molecule has 0 bridgehead atoms. The van der Waals surface area contributed by atoms with Crippen molar-refractivity contribution in [2.75, 3.05) is 0 Å². The fraction of sp³-hybridized carbons (Fsp3) is 0.286. The van der Waals surface area contributed by atoms with Gasteiger partial charge in [0.25, 0.3) is 12.0 Å². The van der Waals surface area contributed by atoms with Crippen molar-refractivity contribution in [2.24, 2.45) is 0 Å². The Morgan fingerprint density at radius 2 is 2.08 bits per heavy atom. The number of aromatic amines is 1. The van der Waals surface area contributed by atoms with Gasteiger partial charge in [-0.1, -0.05) is 0 Å². The van der Waals surface area contributed by atoms with E-state index in [0.717, 1.165) is 0 Å². The molecule has 0 amide bonds. The molecule has 2 nitrogen and oxygen atoms in total. The van der Waals surface area contributed by atoms with Gasteiger partial charge < -0.3 is 4.98 Å². The molecule has 0 spiro atoms. The van der Waals surface area contributed by atoms with E-state index in [4.69, 9.17) is 0 Å². The normalized spacial score (nSPS) is 10.8. The van der Waals surface area contributed by atoms with Crippen LogP contribution in [0.25, 0.3) is 0 Å². The fourth-order valence-corrected chi connectivity index (χ4v) is 0.839. The van der Waals surface area contributed by atoms with E-state index in [1.165, 1.54) is 6.92 Å². The summed E-state index contributed by atoms with van der Waals surface area (Å²) in [4.78, 5) is 12.5. The van der Waals surface area contributed by atoms with Crippen molar-refractivity contribution in [3.63, 3.8) is 0 Å². The van der Waals surface area contributed by atoms with E-state index in [9.17, 15) is 18.0 Å². The second-order valence-electron chi connectivity index (χ2n) is 2.33. The van der Waals surface area contributed by atoms with E-state index in [-0.39, 0.29) is 5.69 Å². The zero-order chi connectivity index (χ0) is 9.30. The summed E-state index contributed by atoms with van der Waals surface area (Å²) in [5, 5.41) is 0. The molecule has 0 radical (unpaired) electrons. The molecule has 5 heteroatoms. The Kier molecular flexibility index (Phi) is 2.21. The molecule has 1 rings (SSSR count). The number of aromatic nitrogens is 1. The number of rotatable bonds is 1. The molecule has 0 saturated heterocycles. The molecule has 0 saturated carbocycles. The summed E-state index contributed by atoms with van der Waals surface area (Å²) in [6.45, 7) is 1.29. The fourth-order valence-electron chi connectivity index (χ4n) is 0.839. The lowest BCUT2D eigenvalue weighted by molar-refractivity contribution is 0.149. The second kappa shape index (κ2) is 3.00. The minimum atomic E-state index is -2.77. The molecule has 12 heavy (non-hydrogen) atoms. The SMILES string of the molecule is Cc1[nH]c(=O)c(F)cc1C(F)F. The molecule has 0 fully saturated rings. The molecule has 1 N–H and O–H groups in total. The van der Waals surface area contributed by atoms with Gasteiger partial charge in [-0.3, -0.25) is 4.79 Å². The van der Waals surface area contributed by atoms with Crippen LogP contribution in [-0.2, 0) is 0 Å². The highest BCUT2D eigenvalue weighted by Crippen LogP contribution is 2.20. The number of nitrogens with one attached hydrogen (secondary N) is 1. The largest absolute Gasteiger partial charge is 0.324 e. The van der Waals surface area contributed by atoms with Crippen molar-refractivity contribution in [2.45, 2.75) is 13.3 Å². The van der Waals surface area contributed by atoms with E-state index in [1.807, 2.05) is 4.98 Å². The number of aryl methyl sites for hydroxylation is 1. The van der Waals surface area contributed by atoms with Gasteiger partial charge in [0.15, 0.2) is 5.82 Å². The number of hydrogen-bond donors (Lipinski definition) is 1. The number of hydrogen-bond acceptors (Lipinski definition) is 1. The van der Waals surface area contributed by atoms with Crippen LogP contribution < -0.4 is 5.56 Å². The predicted octanol–water partition coefficient (Wildman–Crippen LogP) is 1.76. The van der Waals surface area contributed by atoms with Gasteiger partial charge in [0.05, 0.1) is 0 Å². The van der Waals surface area contributed by atoms with Gasteiger partial charge in [0, 0.05) is 11.3 Å². The minimum Gasteiger partial charge on any atom is -0.324 e. The van der Waals surface area contributed by atoms with Crippen LogP contribution in [0.3, 0.4) is 0 Å². The van der Waals surface area contributed by atoms with Crippen molar-refractivity contribution >= 4 is 0 Å². The third-order valence-electron chi connectivity index (χ3n) is 1.47. The van der Waals surface area contributed by atoms with Gasteiger partial charge in [0.2, 0.25) is 0 Å². The van der Waals surface area contributed by atoms with Crippen molar-refractivity contribution in [1.29, 1.82) is 0 Å². The molecule has 0 aliphatic carbocycles. The van der Waals surface area contributed by atoms with Gasteiger partial charge >= 0.3 is 0 Å². The van der Waals surface area contributed by atoms with Crippen LogP contribution in [0.2, 0.25) is 0 Å². The molecule has 1 aromatic heterocycles. The van der Waals surface area contributed by atoms with Gasteiger partial charge in [-0.25, -0.2) is 13.2 Å². The average Bonchev–Trinajstić information content (AvgIpc) is 1.96. The summed E-state index contributed by atoms with van der Waals surface area (Å²) >= 11 is 0. The first-order valence-electron chi connectivity index (χ1n) is 3.20. The lowest BCUT2D eigenvalue weighted by atomic mass is 10.2. The Labute approximate surface area is 66.0 Å². The van der Waals surface area contributed by atoms with Crippen molar-refractivity contribution in [3.05, 3.63) is 33.5 Å². The first-order chi connectivity index (χ1) is 5.52. The van der Waals surface area contributed by atoms with Crippen LogP contribution in [0.1, 0.15) is 17.7 Å². The Balaban J connectivity index is 3.33. The highest BCUT2D eigenvalue weighted by Gasteiger charge is 2.13. The average molecular weight is 177 g/mol. The summed E-state index contributed by atoms with van der Waals surface area (Å²) in [5.41, 5.74) is -1.46. The summed E-state index contributed by atoms with van der Waals surface area (Å²) < 4.78 is 36.5. The monoisotopic (exact) mass is 177 g/mol. The first kappa shape index (κ1) is 8.83. The standard InChI is InChI=1S/C7H6F3NO/c1-3-4(6(9)10)2-5(8)7(12)11-3/h2,6H,1H3,(H,11,12). The summed E-state index contributed by atoms with van der Waals surface area (Å²) in [6, 6.07) is 0.554. The van der Waals surface area contributed by atoms with Crippen LogP contribution >= 0.6 is 0 Å². The van der Waals surface area contributed by atoms with Crippen molar-refractivity contribution in [3.8, 4) is 0 Å². The Morgan fingerprint density at radius 3 is 2.58 bits per heavy atom. The maximum Gasteiger partial charge on any atom is 0.284 e. The first-order valence-corrected chi connectivity index (χ1v) is 3.20. The number of halogens is 3. The topological polar surface area (TPSA) is 32.9 Å². The summed E-state index contributed by atoms with van der Waals surface area (Å²) in [7, 11) is 0. The van der Waals surface area contributed by atoms with Gasteiger partial charge in [-0.2, -0.15) is 0 Å². The van der Waals surface area contributed by atoms with Crippen LogP contribution in [0.5, 0.6) is 0 Å². The van der Waals surface area contributed by atoms with E-state index < -0.39 is 23.4 Å². The summed E-state index contributed by atoms with van der Waals surface area (Å²) in [6.07, 6.45) is -2.77. The highest BCUT2D eigenvalue weighted by molar-refractivity contribution is 5.20. The molecular weight excluding hydrogens is 171 g/mol. The van der Waals surface area contributed by atoms with Gasteiger partial charge in [0.1, 0.15) is 0 Å². The third-order valence-corrected chi connectivity index (χ3v) is 1.47. The van der Waals surface area contributed by atoms with E-state index >= 15 is 0 Å². The predicted molar refractivity (Wildman–Crippen MR) is 36.7 cm³/mol. The lowest BCUT2D eigenvalue weighted by Gasteiger charge is -2.02. The zero-order valence-corrected chi connectivity index (χ0v) is 6.20. The second-order valence-corrected chi connectivity index (χ2v) is 2.33. The molecule has 0 aliphatic heterocycles. The Hall–Kier alpha value is -1.26. The maximum absolute atomic E-state index is 12.4. The smallest absolute Gasteiger partial charge is 0.284 e.